The van der Waals surface area contributed by atoms with E-state index < -0.39 is 36.6 Å². The van der Waals surface area contributed by atoms with Crippen molar-refractivity contribution in [2.24, 2.45) is 5.41 Å². The molecule has 1 N–H and O–H groups in total. The second kappa shape index (κ2) is 4.70. The van der Waals surface area contributed by atoms with Crippen molar-refractivity contribution in [2.45, 2.75) is 56.7 Å². The third kappa shape index (κ3) is 2.38. The van der Waals surface area contributed by atoms with Crippen LogP contribution in [0.25, 0.3) is 0 Å². The minimum atomic E-state index is -4.37. The fourth-order valence-corrected chi connectivity index (χ4v) is 4.11. The molecule has 22 heavy (non-hydrogen) atoms. The Hall–Kier alpha value is -1.60. The second-order valence-corrected chi connectivity index (χ2v) is 6.70. The van der Waals surface area contributed by atoms with Crippen molar-refractivity contribution < 1.29 is 27.6 Å². The number of rotatable bonds is 2. The number of hydrogen-bond donors (Lipinski definition) is 1. The van der Waals surface area contributed by atoms with Crippen LogP contribution < -0.4 is 5.32 Å². The highest BCUT2D eigenvalue weighted by atomic mass is 19.4. The molecule has 3 fully saturated rings. The lowest BCUT2D eigenvalue weighted by Gasteiger charge is -2.57. The van der Waals surface area contributed by atoms with Gasteiger partial charge in [0.2, 0.25) is 0 Å². The van der Waals surface area contributed by atoms with Crippen molar-refractivity contribution in [3.05, 3.63) is 0 Å². The van der Waals surface area contributed by atoms with Crippen molar-refractivity contribution in [3.8, 4) is 0 Å². The van der Waals surface area contributed by atoms with Crippen LogP contribution >= 0.6 is 0 Å². The highest BCUT2D eigenvalue weighted by Crippen LogP contribution is 2.59. The molecule has 2 spiro atoms. The van der Waals surface area contributed by atoms with E-state index in [9.17, 15) is 27.6 Å². The number of Topliss-reactive ketones (excluding diaryl/α,β-unsaturated/α-hetero) is 1. The lowest BCUT2D eigenvalue weighted by molar-refractivity contribution is -0.156. The van der Waals surface area contributed by atoms with Gasteiger partial charge in [0.15, 0.2) is 0 Å². The van der Waals surface area contributed by atoms with E-state index in [1.807, 2.05) is 0 Å². The largest absolute Gasteiger partial charge is 0.390 e. The van der Waals surface area contributed by atoms with Crippen molar-refractivity contribution in [2.75, 3.05) is 6.54 Å². The topological polar surface area (TPSA) is 66.5 Å². The van der Waals surface area contributed by atoms with E-state index in [4.69, 9.17) is 0 Å². The molecular weight excluding hydrogens is 301 g/mol. The summed E-state index contributed by atoms with van der Waals surface area (Å²) in [6.45, 7) is -0.504. The van der Waals surface area contributed by atoms with Crippen LogP contribution in [-0.4, -0.2) is 40.9 Å². The van der Waals surface area contributed by atoms with Crippen molar-refractivity contribution in [1.29, 1.82) is 0 Å². The van der Waals surface area contributed by atoms with Crippen molar-refractivity contribution in [1.82, 2.24) is 10.2 Å². The maximum atomic E-state index is 12.4. The molecule has 0 aromatic heterocycles. The molecule has 3 rings (SSSR count). The van der Waals surface area contributed by atoms with Crippen LogP contribution in [0.5, 0.6) is 0 Å². The Morgan fingerprint density at radius 3 is 2.23 bits per heavy atom. The molecule has 3 amide bonds. The van der Waals surface area contributed by atoms with Crippen LogP contribution in [0.2, 0.25) is 0 Å². The summed E-state index contributed by atoms with van der Waals surface area (Å²) < 4.78 is 37.3. The fourth-order valence-electron chi connectivity index (χ4n) is 4.11. The third-order valence-corrected chi connectivity index (χ3v) is 5.23. The quantitative estimate of drug-likeness (QED) is 0.793. The molecule has 0 aromatic rings. The lowest BCUT2D eigenvalue weighted by atomic mass is 9.51. The van der Waals surface area contributed by atoms with Gasteiger partial charge in [0.05, 0.1) is 6.42 Å². The Labute approximate surface area is 125 Å². The maximum Gasteiger partial charge on any atom is 0.390 e. The molecule has 3 aliphatic rings. The zero-order valence-corrected chi connectivity index (χ0v) is 12.0. The molecule has 0 unspecified atom stereocenters. The number of hydrogen-bond acceptors (Lipinski definition) is 3. The van der Waals surface area contributed by atoms with Crippen LogP contribution in [-0.2, 0) is 9.59 Å². The number of carbonyl (C=O) groups is 3. The average molecular weight is 318 g/mol. The van der Waals surface area contributed by atoms with Crippen LogP contribution in [0, 0.1) is 5.41 Å². The van der Waals surface area contributed by atoms with Gasteiger partial charge in [-0.2, -0.15) is 13.2 Å². The molecule has 2 aliphatic carbocycles. The van der Waals surface area contributed by atoms with Gasteiger partial charge < -0.3 is 4.90 Å². The van der Waals surface area contributed by atoms with Gasteiger partial charge in [-0.05, 0) is 31.1 Å². The Morgan fingerprint density at radius 2 is 1.68 bits per heavy atom. The predicted molar refractivity (Wildman–Crippen MR) is 68.8 cm³/mol. The van der Waals surface area contributed by atoms with E-state index in [2.05, 4.69) is 5.32 Å². The summed E-state index contributed by atoms with van der Waals surface area (Å²) in [7, 11) is 0. The zero-order chi connectivity index (χ0) is 16.2. The minimum absolute atomic E-state index is 0.174. The van der Waals surface area contributed by atoms with E-state index in [1.165, 1.54) is 0 Å². The number of nitrogens with one attached hydrogen (secondary N) is 1. The standard InChI is InChI=1S/C14H17F3N2O3/c15-14(16,17)5-6-19-11(22)18-10(21)13(19)7-12(8-13)3-1-9(20)2-4-12/h1-8H2,(H,18,21,22). The molecule has 0 atom stereocenters. The number of halogens is 3. The number of amides is 3. The number of ketones is 1. The van der Waals surface area contributed by atoms with Gasteiger partial charge in [-0.3, -0.25) is 14.9 Å². The molecule has 8 heteroatoms. The van der Waals surface area contributed by atoms with Crippen LogP contribution in [0.1, 0.15) is 44.9 Å². The maximum absolute atomic E-state index is 12.4. The first kappa shape index (κ1) is 15.3. The van der Waals surface area contributed by atoms with E-state index in [-0.39, 0.29) is 11.2 Å². The first-order chi connectivity index (χ1) is 10.2. The molecular formula is C14H17F3N2O3. The fraction of sp³-hybridized carbons (Fsp3) is 0.786. The Balaban J connectivity index is 1.72. The van der Waals surface area contributed by atoms with Crippen LogP contribution in [0.4, 0.5) is 18.0 Å². The summed E-state index contributed by atoms with van der Waals surface area (Å²) in [6.07, 6.45) is -2.55. The van der Waals surface area contributed by atoms with Gasteiger partial charge in [0, 0.05) is 19.4 Å². The molecule has 1 aliphatic heterocycles. The van der Waals surface area contributed by atoms with E-state index >= 15 is 0 Å². The Morgan fingerprint density at radius 1 is 1.09 bits per heavy atom. The first-order valence-corrected chi connectivity index (χ1v) is 7.37. The van der Waals surface area contributed by atoms with E-state index in [0.717, 1.165) is 4.90 Å². The lowest BCUT2D eigenvalue weighted by Crippen LogP contribution is -2.64. The molecule has 2 saturated carbocycles. The molecule has 1 heterocycles. The highest BCUT2D eigenvalue weighted by Gasteiger charge is 2.66. The SMILES string of the molecule is O=C1CCC2(CC1)CC1(C2)C(=O)NC(=O)N1CCC(F)(F)F. The molecule has 0 radical (unpaired) electrons. The van der Waals surface area contributed by atoms with Crippen molar-refractivity contribution >= 4 is 17.7 Å². The average Bonchev–Trinajstić information content (AvgIpc) is 2.60. The summed E-state index contributed by atoms with van der Waals surface area (Å²) in [5, 5.41) is 2.14. The smallest absolute Gasteiger partial charge is 0.309 e. The molecule has 122 valence electrons. The van der Waals surface area contributed by atoms with Gasteiger partial charge in [-0.15, -0.1) is 0 Å². The highest BCUT2D eigenvalue weighted by molar-refractivity contribution is 6.07. The van der Waals surface area contributed by atoms with Gasteiger partial charge >= 0.3 is 12.2 Å². The summed E-state index contributed by atoms with van der Waals surface area (Å²) in [5.41, 5.74) is -1.31. The number of imide groups is 1. The summed E-state index contributed by atoms with van der Waals surface area (Å²) in [5.74, 6) is -0.311. The molecule has 5 nitrogen and oxygen atoms in total. The number of nitrogens with zero attached hydrogens (tertiary/aromatic N) is 1. The summed E-state index contributed by atoms with van der Waals surface area (Å²) in [4.78, 5) is 36.3. The van der Waals surface area contributed by atoms with Crippen molar-refractivity contribution in [3.63, 3.8) is 0 Å². The van der Waals surface area contributed by atoms with Gasteiger partial charge in [-0.1, -0.05) is 0 Å². The number of carbonyl (C=O) groups excluding carboxylic acids is 3. The Kier molecular flexibility index (Phi) is 3.27. The molecule has 0 aromatic carbocycles. The predicted octanol–water partition coefficient (Wildman–Crippen LogP) is 2.15. The van der Waals surface area contributed by atoms with Gasteiger partial charge in [-0.25, -0.2) is 4.79 Å². The van der Waals surface area contributed by atoms with Gasteiger partial charge in [0.25, 0.3) is 5.91 Å². The third-order valence-electron chi connectivity index (χ3n) is 5.23. The Bertz CT molecular complexity index is 526. The second-order valence-electron chi connectivity index (χ2n) is 6.70. The molecule has 1 saturated heterocycles. The molecule has 0 bridgehead atoms. The van der Waals surface area contributed by atoms with Gasteiger partial charge in [0.1, 0.15) is 11.3 Å². The van der Waals surface area contributed by atoms with Crippen LogP contribution in [0.15, 0.2) is 0 Å². The van der Waals surface area contributed by atoms with E-state index in [0.29, 0.717) is 38.5 Å². The zero-order valence-electron chi connectivity index (χ0n) is 12.0. The minimum Gasteiger partial charge on any atom is -0.309 e. The normalized spacial score (nSPS) is 26.5. The van der Waals surface area contributed by atoms with Crippen LogP contribution in [0.3, 0.4) is 0 Å². The summed E-state index contributed by atoms with van der Waals surface area (Å²) >= 11 is 0. The number of alkyl halides is 3. The van der Waals surface area contributed by atoms with E-state index in [1.54, 1.807) is 0 Å². The first-order valence-electron chi connectivity index (χ1n) is 7.37. The monoisotopic (exact) mass is 318 g/mol. The number of urea groups is 1. The summed E-state index contributed by atoms with van der Waals surface area (Å²) in [6, 6.07) is -0.740.